The van der Waals surface area contributed by atoms with Crippen LogP contribution in [0.3, 0.4) is 0 Å². The van der Waals surface area contributed by atoms with Gasteiger partial charge < -0.3 is 14.5 Å². The van der Waals surface area contributed by atoms with Gasteiger partial charge >= 0.3 is 0 Å². The normalized spacial score (nSPS) is 20.8. The van der Waals surface area contributed by atoms with Crippen molar-refractivity contribution in [2.24, 2.45) is 0 Å². The number of halogens is 1. The zero-order valence-electron chi connectivity index (χ0n) is 14.7. The van der Waals surface area contributed by atoms with Crippen molar-refractivity contribution in [3.05, 3.63) is 34.5 Å². The van der Waals surface area contributed by atoms with E-state index in [1.165, 1.54) is 17.4 Å². The lowest BCUT2D eigenvalue weighted by Gasteiger charge is -2.35. The van der Waals surface area contributed by atoms with E-state index in [-0.39, 0.29) is 23.7 Å². The Morgan fingerprint density at radius 2 is 1.92 bits per heavy atom. The quantitative estimate of drug-likeness (QED) is 0.810. The van der Waals surface area contributed by atoms with Crippen molar-refractivity contribution in [3.8, 4) is 0 Å². The summed E-state index contributed by atoms with van der Waals surface area (Å²) in [7, 11) is 0. The Hall–Kier alpha value is -1.99. The van der Waals surface area contributed by atoms with Gasteiger partial charge in [0.1, 0.15) is 11.9 Å². The number of thiophene rings is 1. The SMILES string of the molecule is Cc1c(C(=O)N2CCN(C(=O)C3CCCO3)CC2)sc2cccc(F)c12. The molecule has 1 aromatic carbocycles. The van der Waals surface area contributed by atoms with E-state index < -0.39 is 0 Å². The molecule has 2 fully saturated rings. The van der Waals surface area contributed by atoms with Crippen LogP contribution in [0.25, 0.3) is 10.1 Å². The van der Waals surface area contributed by atoms with Gasteiger partial charge in [0, 0.05) is 42.9 Å². The number of aryl methyl sites for hydroxylation is 1. The third kappa shape index (κ3) is 2.99. The molecule has 0 N–H and O–H groups in total. The van der Waals surface area contributed by atoms with Gasteiger partial charge in [-0.15, -0.1) is 11.3 Å². The molecule has 4 rings (SSSR count). The summed E-state index contributed by atoms with van der Waals surface area (Å²) >= 11 is 1.34. The number of ether oxygens (including phenoxy) is 1. The Balaban J connectivity index is 1.46. The fourth-order valence-corrected chi connectivity index (χ4v) is 4.90. The number of piperazine rings is 1. The maximum Gasteiger partial charge on any atom is 0.264 e. The van der Waals surface area contributed by atoms with Crippen LogP contribution in [0.1, 0.15) is 28.1 Å². The Bertz CT molecular complexity index is 852. The number of hydrogen-bond acceptors (Lipinski definition) is 4. The van der Waals surface area contributed by atoms with Crippen LogP contribution in [0.5, 0.6) is 0 Å². The lowest BCUT2D eigenvalue weighted by molar-refractivity contribution is -0.142. The van der Waals surface area contributed by atoms with Crippen LogP contribution in [0.4, 0.5) is 4.39 Å². The highest BCUT2D eigenvalue weighted by atomic mass is 32.1. The summed E-state index contributed by atoms with van der Waals surface area (Å²) in [6, 6.07) is 4.92. The summed E-state index contributed by atoms with van der Waals surface area (Å²) in [5.74, 6) is -0.329. The molecule has 0 radical (unpaired) electrons. The molecular formula is C19H21FN2O3S. The van der Waals surface area contributed by atoms with Crippen molar-refractivity contribution >= 4 is 33.2 Å². The largest absolute Gasteiger partial charge is 0.368 e. The van der Waals surface area contributed by atoms with Crippen LogP contribution in [-0.2, 0) is 9.53 Å². The van der Waals surface area contributed by atoms with Crippen LogP contribution in [0.2, 0.25) is 0 Å². The highest BCUT2D eigenvalue weighted by molar-refractivity contribution is 7.21. The zero-order valence-corrected chi connectivity index (χ0v) is 15.5. The van der Waals surface area contributed by atoms with Gasteiger partial charge in [-0.1, -0.05) is 6.07 Å². The monoisotopic (exact) mass is 376 g/mol. The average molecular weight is 376 g/mol. The first-order valence-corrected chi connectivity index (χ1v) is 9.75. The van der Waals surface area contributed by atoms with E-state index >= 15 is 0 Å². The number of fused-ring (bicyclic) bond motifs is 1. The molecule has 2 aliphatic heterocycles. The summed E-state index contributed by atoms with van der Waals surface area (Å²) < 4.78 is 20.3. The number of amides is 2. The molecule has 5 nitrogen and oxygen atoms in total. The molecule has 0 aliphatic carbocycles. The third-order valence-corrected chi connectivity index (χ3v) is 6.43. The molecule has 0 saturated carbocycles. The standard InChI is InChI=1S/C19H21FN2O3S/c1-12-16-13(20)4-2-6-15(16)26-17(12)19(24)22-9-7-21(8-10-22)18(23)14-5-3-11-25-14/h2,4,6,14H,3,5,7-11H2,1H3. The lowest BCUT2D eigenvalue weighted by atomic mass is 10.1. The maximum atomic E-state index is 14.1. The molecule has 2 saturated heterocycles. The van der Waals surface area contributed by atoms with Gasteiger partial charge in [-0.25, -0.2) is 4.39 Å². The van der Waals surface area contributed by atoms with Gasteiger partial charge in [0.15, 0.2) is 0 Å². The zero-order chi connectivity index (χ0) is 18.3. The maximum absolute atomic E-state index is 14.1. The van der Waals surface area contributed by atoms with Crippen molar-refractivity contribution in [2.75, 3.05) is 32.8 Å². The number of rotatable bonds is 2. The second kappa shape index (κ2) is 6.96. The number of carbonyl (C=O) groups excluding carboxylic acids is 2. The van der Waals surface area contributed by atoms with Crippen molar-refractivity contribution in [2.45, 2.75) is 25.9 Å². The molecule has 1 aromatic heterocycles. The molecule has 2 amide bonds. The molecule has 138 valence electrons. The van der Waals surface area contributed by atoms with Gasteiger partial charge in [0.25, 0.3) is 11.8 Å². The predicted octanol–water partition coefficient (Wildman–Crippen LogP) is 2.81. The number of hydrogen-bond donors (Lipinski definition) is 0. The Morgan fingerprint density at radius 3 is 2.58 bits per heavy atom. The smallest absolute Gasteiger partial charge is 0.264 e. The van der Waals surface area contributed by atoms with Crippen LogP contribution in [0.15, 0.2) is 18.2 Å². The summed E-state index contributed by atoms with van der Waals surface area (Å²) in [5.41, 5.74) is 0.700. The molecule has 2 aromatic rings. The summed E-state index contributed by atoms with van der Waals surface area (Å²) in [5, 5.41) is 0.535. The fourth-order valence-electron chi connectivity index (χ4n) is 3.71. The van der Waals surface area contributed by atoms with Gasteiger partial charge in [-0.05, 0) is 37.5 Å². The minimum Gasteiger partial charge on any atom is -0.368 e. The van der Waals surface area contributed by atoms with E-state index in [9.17, 15) is 14.0 Å². The fraction of sp³-hybridized carbons (Fsp3) is 0.474. The molecular weight excluding hydrogens is 355 g/mol. The first-order valence-electron chi connectivity index (χ1n) is 8.93. The van der Waals surface area contributed by atoms with E-state index in [4.69, 9.17) is 4.74 Å². The number of nitrogens with zero attached hydrogens (tertiary/aromatic N) is 2. The van der Waals surface area contributed by atoms with E-state index in [0.717, 1.165) is 17.5 Å². The van der Waals surface area contributed by atoms with E-state index in [1.807, 2.05) is 6.07 Å². The van der Waals surface area contributed by atoms with Crippen molar-refractivity contribution < 1.29 is 18.7 Å². The lowest BCUT2D eigenvalue weighted by Crippen LogP contribution is -2.52. The first-order chi connectivity index (χ1) is 12.6. The number of carbonyl (C=O) groups is 2. The second-order valence-corrected chi connectivity index (χ2v) is 7.84. The highest BCUT2D eigenvalue weighted by Crippen LogP contribution is 2.33. The Labute approximate surface area is 155 Å². The molecule has 2 aliphatic rings. The molecule has 1 unspecified atom stereocenters. The van der Waals surface area contributed by atoms with Crippen LogP contribution in [0, 0.1) is 12.7 Å². The first kappa shape index (κ1) is 17.4. The van der Waals surface area contributed by atoms with Gasteiger partial charge in [-0.3, -0.25) is 9.59 Å². The van der Waals surface area contributed by atoms with Crippen molar-refractivity contribution in [1.82, 2.24) is 9.80 Å². The predicted molar refractivity (Wildman–Crippen MR) is 98.0 cm³/mol. The molecule has 7 heteroatoms. The topological polar surface area (TPSA) is 49.9 Å². The molecule has 0 bridgehead atoms. The van der Waals surface area contributed by atoms with Crippen LogP contribution >= 0.6 is 11.3 Å². The molecule has 1 atom stereocenters. The van der Waals surface area contributed by atoms with Gasteiger partial charge in [0.2, 0.25) is 0 Å². The molecule has 0 spiro atoms. The minimum atomic E-state index is -0.315. The van der Waals surface area contributed by atoms with E-state index in [0.29, 0.717) is 48.6 Å². The Kier molecular flexibility index (Phi) is 4.67. The van der Waals surface area contributed by atoms with Crippen molar-refractivity contribution in [1.29, 1.82) is 0 Å². The van der Waals surface area contributed by atoms with Gasteiger partial charge in [0.05, 0.1) is 4.88 Å². The number of benzene rings is 1. The molecule has 3 heterocycles. The highest BCUT2D eigenvalue weighted by Gasteiger charge is 2.32. The second-order valence-electron chi connectivity index (χ2n) is 6.79. The minimum absolute atomic E-state index is 0.0368. The average Bonchev–Trinajstić information content (AvgIpc) is 3.30. The summed E-state index contributed by atoms with van der Waals surface area (Å²) in [6.07, 6.45) is 1.39. The Morgan fingerprint density at radius 1 is 1.19 bits per heavy atom. The summed E-state index contributed by atoms with van der Waals surface area (Å²) in [6.45, 7) is 4.47. The van der Waals surface area contributed by atoms with E-state index in [2.05, 4.69) is 0 Å². The molecule has 26 heavy (non-hydrogen) atoms. The van der Waals surface area contributed by atoms with E-state index in [1.54, 1.807) is 22.8 Å². The summed E-state index contributed by atoms with van der Waals surface area (Å²) in [4.78, 5) is 29.5. The van der Waals surface area contributed by atoms with Crippen molar-refractivity contribution in [3.63, 3.8) is 0 Å². The van der Waals surface area contributed by atoms with Crippen LogP contribution in [-0.4, -0.2) is 60.5 Å². The third-order valence-electron chi connectivity index (χ3n) is 5.18. The van der Waals surface area contributed by atoms with Gasteiger partial charge in [-0.2, -0.15) is 0 Å². The van der Waals surface area contributed by atoms with Crippen LogP contribution < -0.4 is 0 Å².